The Morgan fingerprint density at radius 3 is 2.04 bits per heavy atom. The third kappa shape index (κ3) is 4.95. The number of amides is 2. The lowest BCUT2D eigenvalue weighted by molar-refractivity contribution is -0.142. The average Bonchev–Trinajstić information content (AvgIpc) is 2.54. The van der Waals surface area contributed by atoms with Gasteiger partial charge in [-0.05, 0) is 31.6 Å². The zero-order valence-electron chi connectivity index (χ0n) is 16.2. The van der Waals surface area contributed by atoms with E-state index in [9.17, 15) is 9.59 Å². The molecule has 1 aliphatic heterocycles. The van der Waals surface area contributed by atoms with Gasteiger partial charge in [0.05, 0.1) is 6.54 Å². The molecule has 1 heterocycles. The van der Waals surface area contributed by atoms with Crippen LogP contribution in [0.25, 0.3) is 0 Å². The largest absolute Gasteiger partial charge is 0.342 e. The van der Waals surface area contributed by atoms with Crippen molar-refractivity contribution in [3.63, 3.8) is 0 Å². The van der Waals surface area contributed by atoms with E-state index in [0.717, 1.165) is 44.9 Å². The van der Waals surface area contributed by atoms with Gasteiger partial charge in [-0.25, -0.2) is 0 Å². The molecule has 0 aromatic rings. The lowest BCUT2D eigenvalue weighted by Crippen LogP contribution is -2.54. The number of carbonyl (C=O) groups is 2. The molecule has 5 nitrogen and oxygen atoms in total. The van der Waals surface area contributed by atoms with Crippen molar-refractivity contribution in [2.45, 2.75) is 59.4 Å². The van der Waals surface area contributed by atoms with Gasteiger partial charge in [0.1, 0.15) is 0 Å². The molecule has 0 unspecified atom stereocenters. The highest BCUT2D eigenvalue weighted by molar-refractivity contribution is 5.81. The second-order valence-electron chi connectivity index (χ2n) is 8.74. The molecular formula is C19H35N3O2. The predicted molar refractivity (Wildman–Crippen MR) is 96.7 cm³/mol. The topological polar surface area (TPSA) is 43.9 Å². The Hall–Kier alpha value is -1.10. The summed E-state index contributed by atoms with van der Waals surface area (Å²) in [6, 6.07) is 0.414. The van der Waals surface area contributed by atoms with Crippen LogP contribution < -0.4 is 0 Å². The van der Waals surface area contributed by atoms with Gasteiger partial charge in [0.15, 0.2) is 0 Å². The van der Waals surface area contributed by atoms with Crippen molar-refractivity contribution >= 4 is 11.8 Å². The van der Waals surface area contributed by atoms with Gasteiger partial charge in [-0.1, -0.05) is 27.7 Å². The van der Waals surface area contributed by atoms with E-state index in [4.69, 9.17) is 0 Å². The molecule has 0 bridgehead atoms. The lowest BCUT2D eigenvalue weighted by Gasteiger charge is -2.39. The first-order chi connectivity index (χ1) is 11.2. The Kier molecular flexibility index (Phi) is 6.29. The van der Waals surface area contributed by atoms with Gasteiger partial charge in [0.25, 0.3) is 0 Å². The van der Waals surface area contributed by atoms with Crippen LogP contribution in [0.15, 0.2) is 0 Å². The van der Waals surface area contributed by atoms with E-state index in [2.05, 4.69) is 11.8 Å². The van der Waals surface area contributed by atoms with Crippen LogP contribution in [-0.2, 0) is 9.59 Å². The molecule has 0 spiro atoms. The smallest absolute Gasteiger partial charge is 0.236 e. The molecule has 1 aliphatic carbocycles. The van der Waals surface area contributed by atoms with Crippen LogP contribution in [0, 0.1) is 11.3 Å². The minimum Gasteiger partial charge on any atom is -0.342 e. The number of piperazine rings is 1. The fourth-order valence-corrected chi connectivity index (χ4v) is 3.72. The van der Waals surface area contributed by atoms with Gasteiger partial charge in [-0.15, -0.1) is 0 Å². The first-order valence-electron chi connectivity index (χ1n) is 9.46. The van der Waals surface area contributed by atoms with Crippen LogP contribution in [0.2, 0.25) is 0 Å². The molecule has 1 saturated heterocycles. The Labute approximate surface area is 147 Å². The molecular weight excluding hydrogens is 302 g/mol. The summed E-state index contributed by atoms with van der Waals surface area (Å²) in [5.41, 5.74) is -0.323. The number of rotatable bonds is 3. The summed E-state index contributed by atoms with van der Waals surface area (Å²) >= 11 is 0. The summed E-state index contributed by atoms with van der Waals surface area (Å²) in [6.07, 6.45) is 4.74. The average molecular weight is 338 g/mol. The molecule has 1 saturated carbocycles. The van der Waals surface area contributed by atoms with Crippen molar-refractivity contribution in [1.29, 1.82) is 0 Å². The van der Waals surface area contributed by atoms with Crippen molar-refractivity contribution in [2.75, 3.05) is 39.8 Å². The van der Waals surface area contributed by atoms with Crippen LogP contribution in [0.5, 0.6) is 0 Å². The zero-order chi connectivity index (χ0) is 17.9. The van der Waals surface area contributed by atoms with Crippen molar-refractivity contribution in [1.82, 2.24) is 14.7 Å². The van der Waals surface area contributed by atoms with Crippen molar-refractivity contribution in [3.05, 3.63) is 0 Å². The van der Waals surface area contributed by atoms with Crippen LogP contribution in [0.3, 0.4) is 0 Å². The Morgan fingerprint density at radius 2 is 1.54 bits per heavy atom. The van der Waals surface area contributed by atoms with E-state index in [1.165, 1.54) is 12.8 Å². The van der Waals surface area contributed by atoms with Crippen LogP contribution in [0.4, 0.5) is 0 Å². The van der Waals surface area contributed by atoms with Gasteiger partial charge in [0, 0.05) is 44.7 Å². The molecule has 0 aromatic carbocycles. The Morgan fingerprint density at radius 1 is 1.00 bits per heavy atom. The van der Waals surface area contributed by atoms with E-state index in [-0.39, 0.29) is 17.2 Å². The second kappa shape index (κ2) is 7.85. The van der Waals surface area contributed by atoms with Gasteiger partial charge < -0.3 is 9.80 Å². The minimum absolute atomic E-state index is 0.210. The standard InChI is InChI=1S/C19H35N3O2/c1-15-6-8-16(9-7-15)20(5)17(23)14-21-10-12-22(13-11-21)18(24)19(2,3)4/h15-16H,6-14H2,1-5H3. The van der Waals surface area contributed by atoms with Gasteiger partial charge in [0.2, 0.25) is 11.8 Å². The molecule has 0 aromatic heterocycles. The fraction of sp³-hybridized carbons (Fsp3) is 0.895. The number of likely N-dealkylation sites (N-methyl/N-ethyl adjacent to an activating group) is 1. The quantitative estimate of drug-likeness (QED) is 0.793. The molecule has 0 N–H and O–H groups in total. The van der Waals surface area contributed by atoms with E-state index in [0.29, 0.717) is 12.6 Å². The first kappa shape index (κ1) is 19.2. The molecule has 2 amide bonds. The zero-order valence-corrected chi connectivity index (χ0v) is 16.2. The maximum atomic E-state index is 12.6. The fourth-order valence-electron chi connectivity index (χ4n) is 3.72. The molecule has 138 valence electrons. The van der Waals surface area contributed by atoms with Crippen molar-refractivity contribution < 1.29 is 9.59 Å². The first-order valence-corrected chi connectivity index (χ1v) is 9.46. The monoisotopic (exact) mass is 337 g/mol. The number of nitrogens with zero attached hydrogens (tertiary/aromatic N) is 3. The summed E-state index contributed by atoms with van der Waals surface area (Å²) in [5.74, 6) is 1.24. The van der Waals surface area contributed by atoms with E-state index < -0.39 is 0 Å². The van der Waals surface area contributed by atoms with Crippen molar-refractivity contribution in [3.8, 4) is 0 Å². The highest BCUT2D eigenvalue weighted by Crippen LogP contribution is 2.26. The summed E-state index contributed by atoms with van der Waals surface area (Å²) in [4.78, 5) is 31.0. The molecule has 0 atom stereocenters. The van der Waals surface area contributed by atoms with Gasteiger partial charge in [-0.2, -0.15) is 0 Å². The Balaban J connectivity index is 1.77. The minimum atomic E-state index is -0.323. The third-order valence-corrected chi connectivity index (χ3v) is 5.59. The van der Waals surface area contributed by atoms with Gasteiger partial charge >= 0.3 is 0 Å². The molecule has 24 heavy (non-hydrogen) atoms. The maximum absolute atomic E-state index is 12.6. The molecule has 0 radical (unpaired) electrons. The molecule has 2 aliphatic rings. The molecule has 2 rings (SSSR count). The SMILES string of the molecule is CC1CCC(N(C)C(=O)CN2CCN(C(=O)C(C)(C)C)CC2)CC1. The molecule has 5 heteroatoms. The number of hydrogen-bond donors (Lipinski definition) is 0. The second-order valence-corrected chi connectivity index (χ2v) is 8.74. The van der Waals surface area contributed by atoms with E-state index in [1.807, 2.05) is 37.6 Å². The van der Waals surface area contributed by atoms with Crippen LogP contribution in [0.1, 0.15) is 53.4 Å². The number of carbonyl (C=O) groups excluding carboxylic acids is 2. The summed E-state index contributed by atoms with van der Waals surface area (Å²) < 4.78 is 0. The molecule has 2 fully saturated rings. The highest BCUT2D eigenvalue weighted by Gasteiger charge is 2.31. The summed E-state index contributed by atoms with van der Waals surface area (Å²) in [5, 5.41) is 0. The van der Waals surface area contributed by atoms with Gasteiger partial charge in [-0.3, -0.25) is 14.5 Å². The summed E-state index contributed by atoms with van der Waals surface area (Å²) in [7, 11) is 1.96. The third-order valence-electron chi connectivity index (χ3n) is 5.59. The van der Waals surface area contributed by atoms with Crippen LogP contribution in [-0.4, -0.2) is 72.3 Å². The van der Waals surface area contributed by atoms with E-state index in [1.54, 1.807) is 0 Å². The van der Waals surface area contributed by atoms with Crippen molar-refractivity contribution in [2.24, 2.45) is 11.3 Å². The van der Waals surface area contributed by atoms with E-state index >= 15 is 0 Å². The predicted octanol–water partition coefficient (Wildman–Crippen LogP) is 2.21. The summed E-state index contributed by atoms with van der Waals surface area (Å²) in [6.45, 7) is 11.7. The number of hydrogen-bond acceptors (Lipinski definition) is 3. The normalized spacial score (nSPS) is 26.3. The maximum Gasteiger partial charge on any atom is 0.236 e. The Bertz CT molecular complexity index is 442. The lowest BCUT2D eigenvalue weighted by atomic mass is 9.87. The highest BCUT2D eigenvalue weighted by atomic mass is 16.2. The van der Waals surface area contributed by atoms with Crippen LogP contribution >= 0.6 is 0 Å².